The molecule has 1 aromatic carbocycles. The zero-order valence-electron chi connectivity index (χ0n) is 18.3. The van der Waals surface area contributed by atoms with E-state index in [0.29, 0.717) is 31.6 Å². The highest BCUT2D eigenvalue weighted by atomic mass is 32.2. The van der Waals surface area contributed by atoms with Gasteiger partial charge in [0.15, 0.2) is 6.19 Å². The first-order chi connectivity index (χ1) is 15.0. The Hall–Kier alpha value is -2.64. The highest BCUT2D eigenvalue weighted by Gasteiger charge is 2.42. The molecule has 2 saturated carbocycles. The summed E-state index contributed by atoms with van der Waals surface area (Å²) in [5, 5.41) is 9.43. The molecule has 0 radical (unpaired) electrons. The molecular formula is C22H27N5O4S. The Bertz CT molecular complexity index is 1380. The zero-order valence-corrected chi connectivity index (χ0v) is 19.1. The number of fused-ring (bicyclic) bond motifs is 1. The van der Waals surface area contributed by atoms with Gasteiger partial charge in [-0.05, 0) is 62.6 Å². The van der Waals surface area contributed by atoms with Crippen LogP contribution in [-0.2, 0) is 16.6 Å². The molecule has 1 aliphatic heterocycles. The van der Waals surface area contributed by atoms with Crippen LogP contribution in [-0.4, -0.2) is 41.1 Å². The van der Waals surface area contributed by atoms with Gasteiger partial charge in [0.05, 0.1) is 21.8 Å². The molecule has 170 valence electrons. The predicted molar refractivity (Wildman–Crippen MR) is 119 cm³/mol. The lowest BCUT2D eigenvalue weighted by molar-refractivity contribution is 0.405. The second-order valence-corrected chi connectivity index (χ2v) is 11.9. The van der Waals surface area contributed by atoms with Gasteiger partial charge in [0.2, 0.25) is 10.0 Å². The summed E-state index contributed by atoms with van der Waals surface area (Å²) in [5.74, 6) is 0. The lowest BCUT2D eigenvalue weighted by Gasteiger charge is -2.20. The van der Waals surface area contributed by atoms with Crippen molar-refractivity contribution in [1.29, 1.82) is 5.26 Å². The molecule has 5 rings (SSSR count). The van der Waals surface area contributed by atoms with Crippen LogP contribution in [0.5, 0.6) is 0 Å². The molecule has 3 fully saturated rings. The first-order valence-corrected chi connectivity index (χ1v) is 12.5. The summed E-state index contributed by atoms with van der Waals surface area (Å²) in [6.07, 6.45) is 6.16. The molecule has 1 atom stereocenters. The molecule has 2 aromatic rings. The number of nitriles is 1. The summed E-state index contributed by atoms with van der Waals surface area (Å²) in [4.78, 5) is 28.5. The summed E-state index contributed by atoms with van der Waals surface area (Å²) in [5.41, 5.74) is -0.865. The number of hydrogen-bond donors (Lipinski definition) is 1. The molecular weight excluding hydrogens is 430 g/mol. The van der Waals surface area contributed by atoms with Crippen molar-refractivity contribution in [2.24, 2.45) is 5.41 Å². The predicted octanol–water partition coefficient (Wildman–Crippen LogP) is 1.52. The van der Waals surface area contributed by atoms with Crippen molar-refractivity contribution in [1.82, 2.24) is 18.8 Å². The molecule has 1 N–H and O–H groups in total. The molecule has 10 heteroatoms. The topological polar surface area (TPSA) is 117 Å². The maximum absolute atomic E-state index is 13.5. The van der Waals surface area contributed by atoms with Crippen LogP contribution in [0.4, 0.5) is 0 Å². The molecule has 1 saturated heterocycles. The third kappa shape index (κ3) is 3.63. The van der Waals surface area contributed by atoms with Crippen LogP contribution in [0.1, 0.15) is 52.0 Å². The van der Waals surface area contributed by atoms with Crippen LogP contribution < -0.4 is 16.0 Å². The highest BCUT2D eigenvalue weighted by molar-refractivity contribution is 7.89. The van der Waals surface area contributed by atoms with Gasteiger partial charge in [-0.15, -0.1) is 0 Å². The van der Waals surface area contributed by atoms with Crippen LogP contribution >= 0.6 is 0 Å². The fourth-order valence-electron chi connectivity index (χ4n) is 4.48. The van der Waals surface area contributed by atoms with Gasteiger partial charge in [-0.2, -0.15) is 5.26 Å². The Balaban J connectivity index is 1.68. The molecule has 1 aromatic heterocycles. The standard InChI is InChI=1S/C22H27N5O4S/c1-21(6-7-21)13-26-18-4-3-16(32(30,31)24-22(2)8-9-22)11-17(18)19(28)27(20(26)29)15-5-10-25(12-15)14-23/h3-4,11,15,24H,5-10,12-13H2,1-2H3. The number of aromatic nitrogens is 2. The van der Waals surface area contributed by atoms with Crippen molar-refractivity contribution in [3.63, 3.8) is 0 Å². The molecule has 2 heterocycles. The van der Waals surface area contributed by atoms with Crippen LogP contribution in [0, 0.1) is 16.9 Å². The fraction of sp³-hybridized carbons (Fsp3) is 0.591. The fourth-order valence-corrected chi connectivity index (χ4v) is 5.97. The Morgan fingerprint density at radius 2 is 1.91 bits per heavy atom. The molecule has 2 aliphatic carbocycles. The van der Waals surface area contributed by atoms with E-state index in [1.807, 2.05) is 6.92 Å². The van der Waals surface area contributed by atoms with E-state index < -0.39 is 27.2 Å². The number of sulfonamides is 1. The van der Waals surface area contributed by atoms with E-state index >= 15 is 0 Å². The van der Waals surface area contributed by atoms with Crippen molar-refractivity contribution < 1.29 is 8.42 Å². The minimum atomic E-state index is -3.79. The van der Waals surface area contributed by atoms with E-state index in [9.17, 15) is 23.3 Å². The average Bonchev–Trinajstić information content (AvgIpc) is 3.60. The van der Waals surface area contributed by atoms with Gasteiger partial charge in [-0.25, -0.2) is 17.9 Å². The molecule has 9 nitrogen and oxygen atoms in total. The normalized spacial score (nSPS) is 23.3. The number of nitrogens with one attached hydrogen (secondary N) is 1. The number of likely N-dealkylation sites (tertiary alicyclic amines) is 1. The lowest BCUT2D eigenvalue weighted by Crippen LogP contribution is -2.44. The molecule has 0 spiro atoms. The lowest BCUT2D eigenvalue weighted by atomic mass is 10.1. The average molecular weight is 458 g/mol. The smallest absolute Gasteiger partial charge is 0.308 e. The Morgan fingerprint density at radius 3 is 2.50 bits per heavy atom. The maximum atomic E-state index is 13.5. The van der Waals surface area contributed by atoms with Crippen molar-refractivity contribution in [2.45, 2.75) is 69.0 Å². The van der Waals surface area contributed by atoms with E-state index in [-0.39, 0.29) is 21.4 Å². The number of nitrogens with zero attached hydrogens (tertiary/aromatic N) is 4. The monoisotopic (exact) mass is 457 g/mol. The third-order valence-electron chi connectivity index (χ3n) is 7.15. The van der Waals surface area contributed by atoms with Gasteiger partial charge in [-0.3, -0.25) is 13.9 Å². The summed E-state index contributed by atoms with van der Waals surface area (Å²) in [6.45, 7) is 5.21. The quantitative estimate of drug-likeness (QED) is 0.658. The van der Waals surface area contributed by atoms with Crippen molar-refractivity contribution in [3.8, 4) is 6.19 Å². The summed E-state index contributed by atoms with van der Waals surface area (Å²) in [7, 11) is -3.79. The maximum Gasteiger partial charge on any atom is 0.331 e. The van der Waals surface area contributed by atoms with Gasteiger partial charge in [0.1, 0.15) is 0 Å². The molecule has 0 amide bonds. The number of rotatable bonds is 6. The van der Waals surface area contributed by atoms with Crippen molar-refractivity contribution >= 4 is 20.9 Å². The summed E-state index contributed by atoms with van der Waals surface area (Å²) in [6, 6.07) is 4.03. The van der Waals surface area contributed by atoms with E-state index in [4.69, 9.17) is 0 Å². The van der Waals surface area contributed by atoms with Crippen LogP contribution in [0.15, 0.2) is 32.7 Å². The summed E-state index contributed by atoms with van der Waals surface area (Å²) >= 11 is 0. The van der Waals surface area contributed by atoms with Gasteiger partial charge in [-0.1, -0.05) is 6.92 Å². The number of benzene rings is 1. The Labute approximate surface area is 186 Å². The second-order valence-electron chi connectivity index (χ2n) is 10.2. The van der Waals surface area contributed by atoms with E-state index in [0.717, 1.165) is 25.7 Å². The molecule has 1 unspecified atom stereocenters. The van der Waals surface area contributed by atoms with Crippen LogP contribution in [0.25, 0.3) is 10.9 Å². The van der Waals surface area contributed by atoms with Gasteiger partial charge in [0, 0.05) is 25.2 Å². The number of hydrogen-bond acceptors (Lipinski definition) is 6. The van der Waals surface area contributed by atoms with Gasteiger partial charge >= 0.3 is 5.69 Å². The Kier molecular flexibility index (Phi) is 4.59. The van der Waals surface area contributed by atoms with Crippen LogP contribution in [0.3, 0.4) is 0 Å². The second kappa shape index (κ2) is 6.93. The van der Waals surface area contributed by atoms with Crippen molar-refractivity contribution in [2.75, 3.05) is 13.1 Å². The first-order valence-electron chi connectivity index (χ1n) is 11.0. The van der Waals surface area contributed by atoms with Crippen molar-refractivity contribution in [3.05, 3.63) is 39.0 Å². The van der Waals surface area contributed by atoms with Gasteiger partial charge in [0.25, 0.3) is 5.56 Å². The first kappa shape index (κ1) is 21.2. The minimum absolute atomic E-state index is 0.000220. The van der Waals surface area contributed by atoms with E-state index in [2.05, 4.69) is 17.8 Å². The molecule has 3 aliphatic rings. The van der Waals surface area contributed by atoms with Crippen LogP contribution in [0.2, 0.25) is 0 Å². The SMILES string of the molecule is CC1(Cn2c(=O)n(C3CCN(C#N)C3)c(=O)c3cc(S(=O)(=O)NC4(C)CC4)ccc32)CC1. The molecule has 32 heavy (non-hydrogen) atoms. The zero-order chi connectivity index (χ0) is 22.9. The Morgan fingerprint density at radius 1 is 1.19 bits per heavy atom. The van der Waals surface area contributed by atoms with E-state index in [1.165, 1.54) is 21.6 Å². The summed E-state index contributed by atoms with van der Waals surface area (Å²) < 4.78 is 31.4. The van der Waals surface area contributed by atoms with Gasteiger partial charge < -0.3 is 4.90 Å². The molecule has 0 bridgehead atoms. The minimum Gasteiger partial charge on any atom is -0.308 e. The highest BCUT2D eigenvalue weighted by Crippen LogP contribution is 2.46. The largest absolute Gasteiger partial charge is 0.331 e. The third-order valence-corrected chi connectivity index (χ3v) is 8.79. The van der Waals surface area contributed by atoms with E-state index in [1.54, 1.807) is 10.6 Å².